The number of hydrogen-bond acceptors (Lipinski definition) is 4. The quantitative estimate of drug-likeness (QED) is 0.580. The molecular formula is C25H24N2O4. The Morgan fingerprint density at radius 3 is 2.29 bits per heavy atom. The topological polar surface area (TPSA) is 79.6 Å². The molecule has 2 saturated carbocycles. The summed E-state index contributed by atoms with van der Waals surface area (Å²) in [5, 5.41) is 2.87. The van der Waals surface area contributed by atoms with Gasteiger partial charge in [0.15, 0.2) is 0 Å². The van der Waals surface area contributed by atoms with Crippen LogP contribution in [0, 0.1) is 35.5 Å². The average Bonchev–Trinajstić information content (AvgIpc) is 3.38. The molecule has 0 spiro atoms. The molecule has 6 heteroatoms. The van der Waals surface area contributed by atoms with E-state index in [1.54, 1.807) is 18.4 Å². The summed E-state index contributed by atoms with van der Waals surface area (Å²) >= 11 is 0. The SMILES string of the molecule is O=C(NCc1ccco1)[C@H](Cc1ccccc1)N1C(=O)[C@@H]2[C@H]3C=C[C@@H]([C@@H]4C[C@H]34)[C@H]2C1=O. The lowest BCUT2D eigenvalue weighted by molar-refractivity contribution is -0.148. The van der Waals surface area contributed by atoms with Crippen LogP contribution < -0.4 is 5.32 Å². The predicted molar refractivity (Wildman–Crippen MR) is 111 cm³/mol. The third-order valence-electron chi connectivity index (χ3n) is 7.60. The van der Waals surface area contributed by atoms with Crippen molar-refractivity contribution in [1.29, 1.82) is 0 Å². The van der Waals surface area contributed by atoms with Crippen molar-refractivity contribution in [1.82, 2.24) is 10.2 Å². The molecular weight excluding hydrogens is 392 g/mol. The molecule has 1 N–H and O–H groups in total. The molecule has 0 radical (unpaired) electrons. The average molecular weight is 416 g/mol. The van der Waals surface area contributed by atoms with Gasteiger partial charge in [-0.25, -0.2) is 0 Å². The second-order valence-corrected chi connectivity index (χ2v) is 9.20. The maximum absolute atomic E-state index is 13.5. The molecule has 2 heterocycles. The van der Waals surface area contributed by atoms with Crippen LogP contribution in [0.5, 0.6) is 0 Å². The van der Waals surface area contributed by atoms with Crippen LogP contribution >= 0.6 is 0 Å². The second-order valence-electron chi connectivity index (χ2n) is 9.20. The van der Waals surface area contributed by atoms with E-state index in [-0.39, 0.29) is 47.9 Å². The molecule has 1 aromatic carbocycles. The van der Waals surface area contributed by atoms with E-state index >= 15 is 0 Å². The van der Waals surface area contributed by atoms with Crippen molar-refractivity contribution >= 4 is 17.7 Å². The van der Waals surface area contributed by atoms with Crippen molar-refractivity contribution in [2.75, 3.05) is 0 Å². The van der Waals surface area contributed by atoms with Gasteiger partial charge in [0, 0.05) is 6.42 Å². The Bertz CT molecular complexity index is 1020. The first-order chi connectivity index (χ1) is 15.1. The van der Waals surface area contributed by atoms with Crippen LogP contribution in [-0.2, 0) is 27.3 Å². The Kier molecular flexibility index (Phi) is 4.16. The zero-order valence-corrected chi connectivity index (χ0v) is 17.0. The highest BCUT2D eigenvalue weighted by Gasteiger charge is 2.67. The monoisotopic (exact) mass is 416 g/mol. The minimum Gasteiger partial charge on any atom is -0.467 e. The zero-order chi connectivity index (χ0) is 21.1. The second kappa shape index (κ2) is 6.94. The van der Waals surface area contributed by atoms with Gasteiger partial charge in [-0.2, -0.15) is 0 Å². The predicted octanol–water partition coefficient (Wildman–Crippen LogP) is 2.56. The maximum Gasteiger partial charge on any atom is 0.244 e. The van der Waals surface area contributed by atoms with E-state index in [1.165, 1.54) is 4.90 Å². The lowest BCUT2D eigenvalue weighted by Gasteiger charge is -2.37. The van der Waals surface area contributed by atoms with Gasteiger partial charge < -0.3 is 9.73 Å². The number of nitrogens with one attached hydrogen (secondary N) is 1. The number of amides is 3. The third kappa shape index (κ3) is 2.88. The minimum atomic E-state index is -0.862. The van der Waals surface area contributed by atoms with Crippen molar-refractivity contribution < 1.29 is 18.8 Å². The van der Waals surface area contributed by atoms with E-state index in [9.17, 15) is 14.4 Å². The molecule has 3 fully saturated rings. The summed E-state index contributed by atoms with van der Waals surface area (Å²) in [6, 6.07) is 12.2. The molecule has 158 valence electrons. The van der Waals surface area contributed by atoms with Crippen molar-refractivity contribution in [3.05, 3.63) is 72.2 Å². The molecule has 3 amide bonds. The van der Waals surface area contributed by atoms with Gasteiger partial charge in [0.1, 0.15) is 11.8 Å². The summed E-state index contributed by atoms with van der Waals surface area (Å²) in [7, 11) is 0. The Morgan fingerprint density at radius 1 is 1.00 bits per heavy atom. The summed E-state index contributed by atoms with van der Waals surface area (Å²) in [6.07, 6.45) is 7.27. The smallest absolute Gasteiger partial charge is 0.244 e. The van der Waals surface area contributed by atoms with Gasteiger partial charge in [0.25, 0.3) is 0 Å². The first kappa shape index (κ1) is 18.6. The molecule has 7 atom stereocenters. The Hall–Kier alpha value is -3.15. The number of carbonyl (C=O) groups excluding carboxylic acids is 3. The molecule has 6 nitrogen and oxygen atoms in total. The van der Waals surface area contributed by atoms with E-state index < -0.39 is 6.04 Å². The van der Waals surface area contributed by atoms with Crippen LogP contribution in [0.3, 0.4) is 0 Å². The maximum atomic E-state index is 13.5. The summed E-state index contributed by atoms with van der Waals surface area (Å²) in [6.45, 7) is 0.219. The van der Waals surface area contributed by atoms with Crippen molar-refractivity contribution in [2.24, 2.45) is 35.5 Å². The fourth-order valence-electron chi connectivity index (χ4n) is 6.13. The van der Waals surface area contributed by atoms with Gasteiger partial charge in [-0.3, -0.25) is 19.3 Å². The largest absolute Gasteiger partial charge is 0.467 e. The van der Waals surface area contributed by atoms with Gasteiger partial charge in [-0.1, -0.05) is 42.5 Å². The van der Waals surface area contributed by atoms with E-state index in [0.717, 1.165) is 12.0 Å². The van der Waals surface area contributed by atoms with Gasteiger partial charge in [-0.15, -0.1) is 0 Å². The Balaban J connectivity index is 1.30. The van der Waals surface area contributed by atoms with E-state index in [0.29, 0.717) is 24.0 Å². The lowest BCUT2D eigenvalue weighted by atomic mass is 9.63. The molecule has 2 aromatic rings. The van der Waals surface area contributed by atoms with E-state index in [1.807, 2.05) is 30.3 Å². The van der Waals surface area contributed by atoms with Crippen LogP contribution in [0.2, 0.25) is 0 Å². The normalized spacial score (nSPS) is 33.2. The van der Waals surface area contributed by atoms with Gasteiger partial charge in [0.2, 0.25) is 17.7 Å². The number of hydrogen-bond donors (Lipinski definition) is 1. The molecule has 0 unspecified atom stereocenters. The first-order valence-electron chi connectivity index (χ1n) is 11.0. The number of rotatable bonds is 6. The van der Waals surface area contributed by atoms with Crippen LogP contribution in [0.15, 0.2) is 65.3 Å². The number of imide groups is 1. The number of likely N-dealkylation sites (tertiary alicyclic amines) is 1. The fraction of sp³-hybridized carbons (Fsp3) is 0.400. The molecule has 5 aliphatic rings. The minimum absolute atomic E-state index is 0.144. The standard InChI is InChI=1S/C25H24N2O4/c28-23(26-13-15-7-4-10-31-15)20(11-14-5-2-1-3-6-14)27-24(29)21-16-8-9-17(19-12-18(16)19)22(21)25(27)30/h1-10,16-22H,11-13H2,(H,26,28)/t16-,17-,18-,19+,20-,21+,22+/m0/s1. The van der Waals surface area contributed by atoms with Crippen LogP contribution in [0.25, 0.3) is 0 Å². The number of carbonyl (C=O) groups is 3. The Labute approximate surface area is 180 Å². The van der Waals surface area contributed by atoms with Gasteiger partial charge >= 0.3 is 0 Å². The fourth-order valence-corrected chi connectivity index (χ4v) is 6.13. The number of allylic oxidation sites excluding steroid dienone is 2. The molecule has 2 bridgehead atoms. The number of nitrogens with zero attached hydrogens (tertiary/aromatic N) is 1. The van der Waals surface area contributed by atoms with Crippen LogP contribution in [0.1, 0.15) is 17.7 Å². The molecule has 4 aliphatic carbocycles. The van der Waals surface area contributed by atoms with Crippen molar-refractivity contribution in [3.8, 4) is 0 Å². The number of furan rings is 1. The summed E-state index contributed by atoms with van der Waals surface area (Å²) in [5.41, 5.74) is 0.917. The molecule has 7 rings (SSSR count). The molecule has 31 heavy (non-hydrogen) atoms. The summed E-state index contributed by atoms with van der Waals surface area (Å²) < 4.78 is 5.31. The van der Waals surface area contributed by atoms with E-state index in [2.05, 4.69) is 17.5 Å². The molecule has 1 saturated heterocycles. The highest BCUT2D eigenvalue weighted by atomic mass is 16.3. The van der Waals surface area contributed by atoms with Gasteiger partial charge in [-0.05, 0) is 47.8 Å². The lowest BCUT2D eigenvalue weighted by Crippen LogP contribution is -2.51. The molecule has 1 aromatic heterocycles. The van der Waals surface area contributed by atoms with Crippen molar-refractivity contribution in [2.45, 2.75) is 25.4 Å². The van der Waals surface area contributed by atoms with Crippen LogP contribution in [0.4, 0.5) is 0 Å². The van der Waals surface area contributed by atoms with Crippen LogP contribution in [-0.4, -0.2) is 28.7 Å². The summed E-state index contributed by atoms with van der Waals surface area (Å²) in [5.74, 6) is 0.705. The van der Waals surface area contributed by atoms with E-state index in [4.69, 9.17) is 4.42 Å². The third-order valence-corrected chi connectivity index (χ3v) is 7.60. The highest BCUT2D eigenvalue weighted by molar-refractivity contribution is 6.09. The van der Waals surface area contributed by atoms with Gasteiger partial charge in [0.05, 0.1) is 24.6 Å². The Morgan fingerprint density at radius 2 is 1.68 bits per heavy atom. The molecule has 1 aliphatic heterocycles. The summed E-state index contributed by atoms with van der Waals surface area (Å²) in [4.78, 5) is 41.6. The zero-order valence-electron chi connectivity index (χ0n) is 17.0. The number of benzene rings is 1. The van der Waals surface area contributed by atoms with Crippen molar-refractivity contribution in [3.63, 3.8) is 0 Å². The highest BCUT2D eigenvalue weighted by Crippen LogP contribution is 2.65. The first-order valence-corrected chi connectivity index (χ1v) is 11.0.